The number of carbonyl (C=O) groups is 2. The van der Waals surface area contributed by atoms with E-state index in [1.165, 1.54) is 24.8 Å². The molecule has 0 saturated heterocycles. The van der Waals surface area contributed by atoms with E-state index in [2.05, 4.69) is 19.2 Å². The molecule has 0 aromatic heterocycles. The lowest BCUT2D eigenvalue weighted by atomic mass is 9.53. The first-order chi connectivity index (χ1) is 12.4. The minimum atomic E-state index is -0.430. The highest BCUT2D eigenvalue weighted by molar-refractivity contribution is 5.91. The van der Waals surface area contributed by atoms with E-state index in [-0.39, 0.29) is 18.1 Å². The minimum absolute atomic E-state index is 0.0306. The van der Waals surface area contributed by atoms with Gasteiger partial charge in [0.05, 0.1) is 5.56 Å². The van der Waals surface area contributed by atoms with Crippen LogP contribution in [0.5, 0.6) is 0 Å². The van der Waals surface area contributed by atoms with Gasteiger partial charge in [0.2, 0.25) is 0 Å². The first-order valence-electron chi connectivity index (χ1n) is 10.0. The molecule has 5 rings (SSSR count). The van der Waals surface area contributed by atoms with Gasteiger partial charge in [0.15, 0.2) is 6.61 Å². The van der Waals surface area contributed by atoms with Crippen LogP contribution in [-0.2, 0) is 9.53 Å². The number of hydrogen-bond acceptors (Lipinski definition) is 3. The SMILES string of the molecule is CC(C)c1ccc(C(=O)OCC(=O)NC23CC4CC(CC(C4)C2)C3)cc1. The second kappa shape index (κ2) is 6.71. The molecule has 0 radical (unpaired) electrons. The summed E-state index contributed by atoms with van der Waals surface area (Å²) in [6.45, 7) is 4.04. The molecule has 0 unspecified atom stereocenters. The molecule has 4 saturated carbocycles. The van der Waals surface area contributed by atoms with Crippen LogP contribution < -0.4 is 5.32 Å². The Bertz CT molecular complexity index is 657. The van der Waals surface area contributed by atoms with Gasteiger partial charge >= 0.3 is 5.97 Å². The quantitative estimate of drug-likeness (QED) is 0.811. The molecule has 0 spiro atoms. The van der Waals surface area contributed by atoms with Gasteiger partial charge in [0, 0.05) is 5.54 Å². The van der Waals surface area contributed by atoms with Crippen molar-refractivity contribution in [1.82, 2.24) is 5.32 Å². The number of amides is 1. The molecule has 26 heavy (non-hydrogen) atoms. The maximum Gasteiger partial charge on any atom is 0.338 e. The Balaban J connectivity index is 1.31. The third-order valence-corrected chi connectivity index (χ3v) is 6.59. The molecule has 140 valence electrons. The van der Waals surface area contributed by atoms with E-state index < -0.39 is 5.97 Å². The summed E-state index contributed by atoms with van der Waals surface area (Å²) in [5, 5.41) is 3.24. The van der Waals surface area contributed by atoms with Gasteiger partial charge in [-0.1, -0.05) is 26.0 Å². The third-order valence-electron chi connectivity index (χ3n) is 6.59. The standard InChI is InChI=1S/C22H29NO3/c1-14(2)18-3-5-19(6-4-18)21(25)26-13-20(24)23-22-10-15-7-16(11-22)9-17(8-15)12-22/h3-6,14-17H,7-13H2,1-2H3,(H,23,24). The Kier molecular flexibility index (Phi) is 4.54. The lowest BCUT2D eigenvalue weighted by molar-refractivity contribution is -0.130. The summed E-state index contributed by atoms with van der Waals surface area (Å²) in [6, 6.07) is 7.43. The second-order valence-electron chi connectivity index (χ2n) is 9.10. The van der Waals surface area contributed by atoms with Crippen LogP contribution in [0.2, 0.25) is 0 Å². The first-order valence-corrected chi connectivity index (χ1v) is 10.0. The average molecular weight is 355 g/mol. The van der Waals surface area contributed by atoms with Crippen LogP contribution >= 0.6 is 0 Å². The van der Waals surface area contributed by atoms with Crippen LogP contribution in [-0.4, -0.2) is 24.0 Å². The van der Waals surface area contributed by atoms with Gasteiger partial charge in [0.1, 0.15) is 0 Å². The lowest BCUT2D eigenvalue weighted by Gasteiger charge is -2.56. The molecule has 4 bridgehead atoms. The largest absolute Gasteiger partial charge is 0.452 e. The van der Waals surface area contributed by atoms with Crippen LogP contribution in [0, 0.1) is 17.8 Å². The van der Waals surface area contributed by atoms with E-state index in [9.17, 15) is 9.59 Å². The number of esters is 1. The molecule has 4 aliphatic carbocycles. The Morgan fingerprint density at radius 2 is 1.58 bits per heavy atom. The predicted octanol–water partition coefficient (Wildman–Crippen LogP) is 4.05. The van der Waals surface area contributed by atoms with E-state index in [1.807, 2.05) is 12.1 Å². The smallest absolute Gasteiger partial charge is 0.338 e. The molecule has 0 aliphatic heterocycles. The van der Waals surface area contributed by atoms with Crippen molar-refractivity contribution in [1.29, 1.82) is 0 Å². The Morgan fingerprint density at radius 1 is 1.04 bits per heavy atom. The van der Waals surface area contributed by atoms with E-state index in [0.29, 0.717) is 11.5 Å². The van der Waals surface area contributed by atoms with Crippen molar-refractivity contribution in [3.63, 3.8) is 0 Å². The molecule has 1 aromatic rings. The summed E-state index contributed by atoms with van der Waals surface area (Å²) in [4.78, 5) is 24.6. The molecule has 1 N–H and O–H groups in total. The van der Waals surface area contributed by atoms with Gasteiger partial charge in [-0.2, -0.15) is 0 Å². The molecular formula is C22H29NO3. The molecule has 4 aliphatic rings. The monoisotopic (exact) mass is 355 g/mol. The van der Waals surface area contributed by atoms with E-state index in [0.717, 1.165) is 37.0 Å². The first kappa shape index (κ1) is 17.6. The minimum Gasteiger partial charge on any atom is -0.452 e. The van der Waals surface area contributed by atoms with Gasteiger partial charge in [-0.25, -0.2) is 4.79 Å². The summed E-state index contributed by atoms with van der Waals surface area (Å²) in [5.41, 5.74) is 1.65. The van der Waals surface area contributed by atoms with Crippen molar-refractivity contribution in [3.8, 4) is 0 Å². The van der Waals surface area contributed by atoms with Crippen LogP contribution in [0.15, 0.2) is 24.3 Å². The number of ether oxygens (including phenoxy) is 1. The molecular weight excluding hydrogens is 326 g/mol. The highest BCUT2D eigenvalue weighted by atomic mass is 16.5. The molecule has 0 heterocycles. The summed E-state index contributed by atoms with van der Waals surface area (Å²) < 4.78 is 5.25. The number of benzene rings is 1. The number of nitrogens with one attached hydrogen (secondary N) is 1. The van der Waals surface area contributed by atoms with Crippen molar-refractivity contribution in [2.45, 2.75) is 63.8 Å². The molecule has 0 atom stereocenters. The third kappa shape index (κ3) is 3.51. The van der Waals surface area contributed by atoms with Crippen molar-refractivity contribution >= 4 is 11.9 Å². The van der Waals surface area contributed by atoms with Crippen molar-refractivity contribution in [2.75, 3.05) is 6.61 Å². The number of hydrogen-bond donors (Lipinski definition) is 1. The predicted molar refractivity (Wildman–Crippen MR) is 99.9 cm³/mol. The molecule has 4 fully saturated rings. The zero-order valence-corrected chi connectivity index (χ0v) is 15.8. The molecule has 1 amide bonds. The highest BCUT2D eigenvalue weighted by Crippen LogP contribution is 2.55. The average Bonchev–Trinajstić information content (AvgIpc) is 2.58. The molecule has 4 heteroatoms. The van der Waals surface area contributed by atoms with Crippen LogP contribution in [0.25, 0.3) is 0 Å². The van der Waals surface area contributed by atoms with Gasteiger partial charge in [-0.15, -0.1) is 0 Å². The zero-order chi connectivity index (χ0) is 18.3. The highest BCUT2D eigenvalue weighted by Gasteiger charge is 2.51. The summed E-state index contributed by atoms with van der Waals surface area (Å²) in [7, 11) is 0. The zero-order valence-electron chi connectivity index (χ0n) is 15.8. The van der Waals surface area contributed by atoms with Gasteiger partial charge in [-0.05, 0) is 79.9 Å². The fourth-order valence-corrected chi connectivity index (χ4v) is 5.81. The summed E-state index contributed by atoms with van der Waals surface area (Å²) in [5.74, 6) is 2.18. The Labute approximate surface area is 155 Å². The molecule has 4 nitrogen and oxygen atoms in total. The Hall–Kier alpha value is -1.84. The number of rotatable bonds is 5. The fraction of sp³-hybridized carbons (Fsp3) is 0.636. The summed E-state index contributed by atoms with van der Waals surface area (Å²) in [6.07, 6.45) is 7.35. The second-order valence-corrected chi connectivity index (χ2v) is 9.10. The molecule has 1 aromatic carbocycles. The topological polar surface area (TPSA) is 55.4 Å². The maximum atomic E-state index is 12.4. The van der Waals surface area contributed by atoms with Gasteiger partial charge in [-0.3, -0.25) is 4.79 Å². The normalized spacial score (nSPS) is 31.9. The van der Waals surface area contributed by atoms with Crippen LogP contribution in [0.3, 0.4) is 0 Å². The van der Waals surface area contributed by atoms with E-state index >= 15 is 0 Å². The van der Waals surface area contributed by atoms with Crippen LogP contribution in [0.1, 0.15) is 74.2 Å². The number of carbonyl (C=O) groups excluding carboxylic acids is 2. The summed E-state index contributed by atoms with van der Waals surface area (Å²) >= 11 is 0. The van der Waals surface area contributed by atoms with Crippen molar-refractivity contribution in [2.24, 2.45) is 17.8 Å². The fourth-order valence-electron chi connectivity index (χ4n) is 5.81. The Morgan fingerprint density at radius 3 is 2.08 bits per heavy atom. The van der Waals surface area contributed by atoms with E-state index in [4.69, 9.17) is 4.74 Å². The lowest BCUT2D eigenvalue weighted by Crippen LogP contribution is -2.60. The van der Waals surface area contributed by atoms with Gasteiger partial charge < -0.3 is 10.1 Å². The van der Waals surface area contributed by atoms with Gasteiger partial charge in [0.25, 0.3) is 5.91 Å². The van der Waals surface area contributed by atoms with Crippen molar-refractivity contribution in [3.05, 3.63) is 35.4 Å². The maximum absolute atomic E-state index is 12.4. The van der Waals surface area contributed by atoms with E-state index in [1.54, 1.807) is 12.1 Å². The van der Waals surface area contributed by atoms with Crippen LogP contribution in [0.4, 0.5) is 0 Å². The van der Waals surface area contributed by atoms with Crippen molar-refractivity contribution < 1.29 is 14.3 Å².